The predicted octanol–water partition coefficient (Wildman–Crippen LogP) is 0.956. The van der Waals surface area contributed by atoms with E-state index < -0.39 is 5.60 Å². The summed E-state index contributed by atoms with van der Waals surface area (Å²) < 4.78 is 4.73. The molecule has 0 aromatic heterocycles. The van der Waals surface area contributed by atoms with Gasteiger partial charge in [0.2, 0.25) is 0 Å². The number of hydrogen-bond donors (Lipinski definition) is 1. The third-order valence-corrected chi connectivity index (χ3v) is 1.74. The third kappa shape index (κ3) is 4.79. The first kappa shape index (κ1) is 10.4. The summed E-state index contributed by atoms with van der Waals surface area (Å²) in [5.74, 6) is -0.340. The Morgan fingerprint density at radius 2 is 2.09 bits per heavy atom. The zero-order valence-corrected chi connectivity index (χ0v) is 7.55. The van der Waals surface area contributed by atoms with E-state index in [0.29, 0.717) is 0 Å². The molecule has 0 fully saturated rings. The highest BCUT2D eigenvalue weighted by Gasteiger charge is 2.22. The summed E-state index contributed by atoms with van der Waals surface area (Å²) in [6.45, 7) is 6.86. The number of aliphatic hydroxyl groups is 1. The van der Waals surface area contributed by atoms with Crippen molar-refractivity contribution >= 4 is 5.97 Å². The van der Waals surface area contributed by atoms with Gasteiger partial charge in [-0.1, -0.05) is 6.92 Å². The number of hydrogen-bond acceptors (Lipinski definition) is 3. The van der Waals surface area contributed by atoms with Crippen molar-refractivity contribution < 1.29 is 14.6 Å². The van der Waals surface area contributed by atoms with E-state index in [0.717, 1.165) is 0 Å². The second-order valence-corrected chi connectivity index (χ2v) is 3.36. The van der Waals surface area contributed by atoms with Gasteiger partial charge in [-0.2, -0.15) is 0 Å². The Bertz CT molecular complexity index is 135. The molecule has 0 aromatic rings. The molecule has 0 rings (SSSR count). The second-order valence-electron chi connectivity index (χ2n) is 3.36. The lowest BCUT2D eigenvalue weighted by Gasteiger charge is -2.24. The van der Waals surface area contributed by atoms with Crippen molar-refractivity contribution in [1.82, 2.24) is 0 Å². The fourth-order valence-corrected chi connectivity index (χ4v) is 0.446. The van der Waals surface area contributed by atoms with Crippen LogP contribution < -0.4 is 0 Å². The van der Waals surface area contributed by atoms with E-state index in [1.165, 1.54) is 6.92 Å². The predicted molar refractivity (Wildman–Crippen MR) is 42.1 cm³/mol. The van der Waals surface area contributed by atoms with Crippen LogP contribution in [0.2, 0.25) is 0 Å². The molecule has 3 heteroatoms. The molecule has 0 aromatic carbocycles. The fraction of sp³-hybridized carbons (Fsp3) is 0.875. The minimum Gasteiger partial charge on any atom is -0.465 e. The van der Waals surface area contributed by atoms with Gasteiger partial charge in [0, 0.05) is 12.8 Å². The summed E-state index contributed by atoms with van der Waals surface area (Å²) in [5.41, 5.74) is -0.782. The maximum atomic E-state index is 10.4. The number of esters is 1. The topological polar surface area (TPSA) is 46.5 Å². The van der Waals surface area contributed by atoms with Crippen molar-refractivity contribution in [3.8, 4) is 0 Å². The zero-order valence-electron chi connectivity index (χ0n) is 7.55. The summed E-state index contributed by atoms with van der Waals surface area (Å²) in [6.07, 6.45) is 0. The van der Waals surface area contributed by atoms with Crippen molar-refractivity contribution in [2.45, 2.75) is 33.3 Å². The second kappa shape index (κ2) is 3.72. The minimum absolute atomic E-state index is 0.0357. The molecule has 0 bridgehead atoms. The number of rotatable bonds is 3. The van der Waals surface area contributed by atoms with Gasteiger partial charge in [0.15, 0.2) is 0 Å². The number of carbonyl (C=O) groups is 1. The van der Waals surface area contributed by atoms with Crippen molar-refractivity contribution in [2.24, 2.45) is 5.92 Å². The van der Waals surface area contributed by atoms with E-state index in [2.05, 4.69) is 0 Å². The van der Waals surface area contributed by atoms with Gasteiger partial charge < -0.3 is 9.84 Å². The first-order valence-corrected chi connectivity index (χ1v) is 3.69. The molecule has 11 heavy (non-hydrogen) atoms. The van der Waals surface area contributed by atoms with E-state index in [1.54, 1.807) is 13.8 Å². The Hall–Kier alpha value is -0.570. The summed E-state index contributed by atoms with van der Waals surface area (Å²) in [6, 6.07) is 0. The molecule has 66 valence electrons. The van der Waals surface area contributed by atoms with Crippen LogP contribution in [-0.2, 0) is 9.53 Å². The molecule has 0 saturated heterocycles. The van der Waals surface area contributed by atoms with Crippen LogP contribution in [0.1, 0.15) is 27.7 Å². The van der Waals surface area contributed by atoms with Gasteiger partial charge in [0.25, 0.3) is 0 Å². The van der Waals surface area contributed by atoms with Gasteiger partial charge in [0.05, 0.1) is 12.2 Å². The number of carbonyl (C=O) groups excluding carboxylic acids is 1. The van der Waals surface area contributed by atoms with Crippen LogP contribution in [0.15, 0.2) is 0 Å². The van der Waals surface area contributed by atoms with Crippen molar-refractivity contribution in [1.29, 1.82) is 0 Å². The first-order chi connectivity index (χ1) is 4.84. The highest BCUT2D eigenvalue weighted by atomic mass is 16.5. The highest BCUT2D eigenvalue weighted by Crippen LogP contribution is 2.15. The Morgan fingerprint density at radius 1 is 1.64 bits per heavy atom. The molecular formula is C8H16O3. The van der Waals surface area contributed by atoms with Crippen LogP contribution in [0.25, 0.3) is 0 Å². The van der Waals surface area contributed by atoms with E-state index in [1.807, 2.05) is 6.92 Å². The third-order valence-electron chi connectivity index (χ3n) is 1.74. The molecule has 1 atom stereocenters. The van der Waals surface area contributed by atoms with Crippen molar-refractivity contribution in [2.75, 3.05) is 6.61 Å². The van der Waals surface area contributed by atoms with Crippen LogP contribution in [0, 0.1) is 5.92 Å². The molecule has 1 N–H and O–H groups in total. The Kier molecular flexibility index (Phi) is 3.52. The summed E-state index contributed by atoms with van der Waals surface area (Å²) in [5, 5.41) is 9.41. The fourth-order valence-electron chi connectivity index (χ4n) is 0.446. The quantitative estimate of drug-likeness (QED) is 0.625. The molecule has 0 saturated carbocycles. The first-order valence-electron chi connectivity index (χ1n) is 3.69. The molecule has 0 aliphatic heterocycles. The Balaban J connectivity index is 3.70. The molecule has 0 heterocycles. The van der Waals surface area contributed by atoms with E-state index >= 15 is 0 Å². The summed E-state index contributed by atoms with van der Waals surface area (Å²) in [7, 11) is 0. The van der Waals surface area contributed by atoms with E-state index in [-0.39, 0.29) is 18.5 Å². The van der Waals surface area contributed by atoms with E-state index in [9.17, 15) is 9.90 Å². The monoisotopic (exact) mass is 160 g/mol. The molecular weight excluding hydrogens is 144 g/mol. The van der Waals surface area contributed by atoms with Gasteiger partial charge in [-0.3, -0.25) is 4.79 Å². The maximum absolute atomic E-state index is 10.4. The lowest BCUT2D eigenvalue weighted by atomic mass is 9.94. The lowest BCUT2D eigenvalue weighted by Crippen LogP contribution is -2.32. The summed E-state index contributed by atoms with van der Waals surface area (Å²) in [4.78, 5) is 10.4. The maximum Gasteiger partial charge on any atom is 0.302 e. The van der Waals surface area contributed by atoms with Crippen LogP contribution >= 0.6 is 0 Å². The van der Waals surface area contributed by atoms with Gasteiger partial charge in [-0.05, 0) is 13.8 Å². The van der Waals surface area contributed by atoms with Gasteiger partial charge in [0.1, 0.15) is 0 Å². The Morgan fingerprint density at radius 3 is 2.36 bits per heavy atom. The minimum atomic E-state index is -0.782. The average molecular weight is 160 g/mol. The number of ether oxygens (including phenoxy) is 1. The van der Waals surface area contributed by atoms with Crippen LogP contribution in [0.4, 0.5) is 0 Å². The largest absolute Gasteiger partial charge is 0.465 e. The SMILES string of the molecule is CC(=O)OC[C@H](C)C(C)(C)O. The molecule has 0 aliphatic carbocycles. The average Bonchev–Trinajstić information content (AvgIpc) is 1.80. The van der Waals surface area contributed by atoms with Crippen LogP contribution in [0.5, 0.6) is 0 Å². The van der Waals surface area contributed by atoms with Crippen LogP contribution in [0.3, 0.4) is 0 Å². The van der Waals surface area contributed by atoms with Gasteiger partial charge >= 0.3 is 5.97 Å². The van der Waals surface area contributed by atoms with E-state index in [4.69, 9.17) is 4.74 Å². The molecule has 0 aliphatic rings. The molecule has 0 spiro atoms. The zero-order chi connectivity index (χ0) is 9.07. The molecule has 0 amide bonds. The van der Waals surface area contributed by atoms with Crippen molar-refractivity contribution in [3.05, 3.63) is 0 Å². The molecule has 0 unspecified atom stereocenters. The molecule has 3 nitrogen and oxygen atoms in total. The van der Waals surface area contributed by atoms with Crippen LogP contribution in [-0.4, -0.2) is 23.3 Å². The molecule has 0 radical (unpaired) electrons. The standard InChI is InChI=1S/C8H16O3/c1-6(8(3,4)10)5-11-7(2)9/h6,10H,5H2,1-4H3/t6-/m0/s1. The van der Waals surface area contributed by atoms with Gasteiger partial charge in [-0.15, -0.1) is 0 Å². The highest BCUT2D eigenvalue weighted by molar-refractivity contribution is 5.65. The van der Waals surface area contributed by atoms with Gasteiger partial charge in [-0.25, -0.2) is 0 Å². The van der Waals surface area contributed by atoms with Crippen molar-refractivity contribution in [3.63, 3.8) is 0 Å². The normalized spacial score (nSPS) is 14.3. The summed E-state index contributed by atoms with van der Waals surface area (Å²) >= 11 is 0. The smallest absolute Gasteiger partial charge is 0.302 e. The Labute approximate surface area is 67.4 Å². The lowest BCUT2D eigenvalue weighted by molar-refractivity contribution is -0.144.